The number of ether oxygens (including phenoxy) is 1. The van der Waals surface area contributed by atoms with Gasteiger partial charge in [-0.1, -0.05) is 18.2 Å². The minimum absolute atomic E-state index is 0.0458. The van der Waals surface area contributed by atoms with E-state index in [-0.39, 0.29) is 12.5 Å². The van der Waals surface area contributed by atoms with Gasteiger partial charge in [0.15, 0.2) is 6.61 Å². The number of hydrogen-bond donors (Lipinski definition) is 1. The number of amides is 1. The molecule has 0 spiro atoms. The molecule has 0 bridgehead atoms. The van der Waals surface area contributed by atoms with Gasteiger partial charge in [-0.25, -0.2) is 0 Å². The van der Waals surface area contributed by atoms with Crippen molar-refractivity contribution in [3.05, 3.63) is 29.3 Å². The monoisotopic (exact) mass is 262 g/mol. The number of carbonyl (C=O) groups excluding carboxylic acids is 1. The first-order chi connectivity index (χ1) is 9.13. The van der Waals surface area contributed by atoms with Crippen LogP contribution in [0.4, 0.5) is 0 Å². The first-order valence-corrected chi connectivity index (χ1v) is 6.80. The molecule has 0 unspecified atom stereocenters. The van der Waals surface area contributed by atoms with Crippen LogP contribution in [0.25, 0.3) is 0 Å². The molecule has 1 amide bonds. The van der Waals surface area contributed by atoms with E-state index in [4.69, 9.17) is 10.5 Å². The second-order valence-corrected chi connectivity index (χ2v) is 5.13. The Morgan fingerprint density at radius 1 is 1.47 bits per heavy atom. The lowest BCUT2D eigenvalue weighted by Gasteiger charge is -2.18. The van der Waals surface area contributed by atoms with Crippen molar-refractivity contribution in [2.45, 2.75) is 32.2 Å². The molecule has 1 aliphatic rings. The molecule has 4 nitrogen and oxygen atoms in total. The summed E-state index contributed by atoms with van der Waals surface area (Å²) in [4.78, 5) is 13.7. The lowest BCUT2D eigenvalue weighted by Crippen LogP contribution is -2.33. The number of likely N-dealkylation sites (N-methyl/N-ethyl adjacent to an activating group) is 1. The number of nitrogens with zero attached hydrogens (tertiary/aromatic N) is 1. The standard InChI is InChI=1S/C15H22N2O2/c1-11-4-3-5-12(8-9-16)15(11)19-10-14(18)17(2)13-6-7-13/h3-5,13H,6-10,16H2,1-2H3. The van der Waals surface area contributed by atoms with E-state index >= 15 is 0 Å². The summed E-state index contributed by atoms with van der Waals surface area (Å²) in [5.74, 6) is 0.856. The number of nitrogens with two attached hydrogens (primary N) is 1. The third kappa shape index (κ3) is 3.47. The zero-order chi connectivity index (χ0) is 13.8. The summed E-state index contributed by atoms with van der Waals surface area (Å²) in [5, 5.41) is 0. The molecule has 1 aromatic carbocycles. The topological polar surface area (TPSA) is 55.6 Å². The van der Waals surface area contributed by atoms with Crippen LogP contribution in [0.3, 0.4) is 0 Å². The van der Waals surface area contributed by atoms with Gasteiger partial charge in [-0.05, 0) is 43.9 Å². The Morgan fingerprint density at radius 2 is 2.21 bits per heavy atom. The van der Waals surface area contributed by atoms with Crippen molar-refractivity contribution in [3.63, 3.8) is 0 Å². The lowest BCUT2D eigenvalue weighted by molar-refractivity contribution is -0.132. The fourth-order valence-electron chi connectivity index (χ4n) is 2.17. The van der Waals surface area contributed by atoms with Crippen LogP contribution in [0.1, 0.15) is 24.0 Å². The van der Waals surface area contributed by atoms with Gasteiger partial charge in [-0.2, -0.15) is 0 Å². The quantitative estimate of drug-likeness (QED) is 0.845. The molecule has 0 radical (unpaired) electrons. The van der Waals surface area contributed by atoms with Crippen LogP contribution in [0.2, 0.25) is 0 Å². The Bertz CT molecular complexity index is 455. The Balaban J connectivity index is 1.99. The number of carbonyl (C=O) groups is 1. The third-order valence-corrected chi connectivity index (χ3v) is 3.54. The van der Waals surface area contributed by atoms with E-state index in [1.807, 2.05) is 32.2 Å². The van der Waals surface area contributed by atoms with Crippen LogP contribution in [0.5, 0.6) is 5.75 Å². The van der Waals surface area contributed by atoms with Gasteiger partial charge in [-0.15, -0.1) is 0 Å². The van der Waals surface area contributed by atoms with Crippen molar-refractivity contribution < 1.29 is 9.53 Å². The summed E-state index contributed by atoms with van der Waals surface area (Å²) in [6.07, 6.45) is 3.00. The summed E-state index contributed by atoms with van der Waals surface area (Å²) in [7, 11) is 1.85. The van der Waals surface area contributed by atoms with Crippen LogP contribution >= 0.6 is 0 Å². The van der Waals surface area contributed by atoms with Crippen molar-refractivity contribution in [1.82, 2.24) is 4.90 Å². The Hall–Kier alpha value is -1.55. The molecule has 0 atom stereocenters. The van der Waals surface area contributed by atoms with E-state index in [2.05, 4.69) is 0 Å². The van der Waals surface area contributed by atoms with Gasteiger partial charge in [0.25, 0.3) is 5.91 Å². The zero-order valence-electron chi connectivity index (χ0n) is 11.7. The molecule has 2 N–H and O–H groups in total. The summed E-state index contributed by atoms with van der Waals surface area (Å²) in [6, 6.07) is 6.41. The summed E-state index contributed by atoms with van der Waals surface area (Å²) in [5.41, 5.74) is 7.72. The average molecular weight is 262 g/mol. The molecule has 0 aliphatic heterocycles. The van der Waals surface area contributed by atoms with Gasteiger partial charge in [-0.3, -0.25) is 4.79 Å². The van der Waals surface area contributed by atoms with Gasteiger partial charge in [0.05, 0.1) is 0 Å². The van der Waals surface area contributed by atoms with Gasteiger partial charge in [0, 0.05) is 13.1 Å². The van der Waals surface area contributed by atoms with Crippen molar-refractivity contribution in [2.24, 2.45) is 5.73 Å². The third-order valence-electron chi connectivity index (χ3n) is 3.54. The number of benzene rings is 1. The largest absolute Gasteiger partial charge is 0.483 e. The molecular formula is C15H22N2O2. The molecule has 2 rings (SSSR count). The average Bonchev–Trinajstić information content (AvgIpc) is 3.21. The van der Waals surface area contributed by atoms with E-state index < -0.39 is 0 Å². The van der Waals surface area contributed by atoms with Crippen molar-refractivity contribution in [3.8, 4) is 5.75 Å². The van der Waals surface area contributed by atoms with E-state index in [0.717, 1.165) is 36.1 Å². The van der Waals surface area contributed by atoms with Crippen LogP contribution in [0.15, 0.2) is 18.2 Å². The second kappa shape index (κ2) is 6.06. The van der Waals surface area contributed by atoms with Gasteiger partial charge < -0.3 is 15.4 Å². The molecule has 0 heterocycles. The SMILES string of the molecule is Cc1cccc(CCN)c1OCC(=O)N(C)C1CC1. The predicted molar refractivity (Wildman–Crippen MR) is 75.2 cm³/mol. The molecule has 1 aromatic rings. The maximum Gasteiger partial charge on any atom is 0.260 e. The summed E-state index contributed by atoms with van der Waals surface area (Å²) >= 11 is 0. The smallest absolute Gasteiger partial charge is 0.260 e. The van der Waals surface area contributed by atoms with E-state index in [1.165, 1.54) is 0 Å². The lowest BCUT2D eigenvalue weighted by atomic mass is 10.1. The van der Waals surface area contributed by atoms with Crippen LogP contribution in [-0.2, 0) is 11.2 Å². The molecule has 1 saturated carbocycles. The molecule has 1 fully saturated rings. The molecule has 104 valence electrons. The van der Waals surface area contributed by atoms with Gasteiger partial charge >= 0.3 is 0 Å². The molecule has 4 heteroatoms. The van der Waals surface area contributed by atoms with Gasteiger partial charge in [0.2, 0.25) is 0 Å². The predicted octanol–water partition coefficient (Wildman–Crippen LogP) is 1.50. The second-order valence-electron chi connectivity index (χ2n) is 5.13. The van der Waals surface area contributed by atoms with Crippen LogP contribution in [-0.4, -0.2) is 37.0 Å². The Kier molecular flexibility index (Phi) is 4.43. The molecular weight excluding hydrogens is 240 g/mol. The minimum atomic E-state index is 0.0458. The highest BCUT2D eigenvalue weighted by molar-refractivity contribution is 5.78. The zero-order valence-corrected chi connectivity index (χ0v) is 11.7. The Morgan fingerprint density at radius 3 is 2.84 bits per heavy atom. The molecule has 0 saturated heterocycles. The maximum absolute atomic E-state index is 12.0. The summed E-state index contributed by atoms with van der Waals surface area (Å²) < 4.78 is 5.73. The van der Waals surface area contributed by atoms with Crippen LogP contribution < -0.4 is 10.5 Å². The van der Waals surface area contributed by atoms with Gasteiger partial charge in [0.1, 0.15) is 5.75 Å². The minimum Gasteiger partial charge on any atom is -0.483 e. The summed E-state index contributed by atoms with van der Waals surface area (Å²) in [6.45, 7) is 2.68. The molecule has 1 aliphatic carbocycles. The van der Waals surface area contributed by atoms with Crippen molar-refractivity contribution in [2.75, 3.05) is 20.2 Å². The van der Waals surface area contributed by atoms with E-state index in [0.29, 0.717) is 12.6 Å². The van der Waals surface area contributed by atoms with Crippen molar-refractivity contribution >= 4 is 5.91 Å². The number of rotatable bonds is 6. The van der Waals surface area contributed by atoms with Crippen molar-refractivity contribution in [1.29, 1.82) is 0 Å². The molecule has 19 heavy (non-hydrogen) atoms. The first-order valence-electron chi connectivity index (χ1n) is 6.80. The number of para-hydroxylation sites is 1. The highest BCUT2D eigenvalue weighted by Crippen LogP contribution is 2.26. The highest BCUT2D eigenvalue weighted by Gasteiger charge is 2.29. The fourth-order valence-corrected chi connectivity index (χ4v) is 2.17. The highest BCUT2D eigenvalue weighted by atomic mass is 16.5. The Labute approximate surface area is 114 Å². The number of hydrogen-bond acceptors (Lipinski definition) is 3. The van der Waals surface area contributed by atoms with E-state index in [1.54, 1.807) is 4.90 Å². The normalized spacial score (nSPS) is 14.3. The van der Waals surface area contributed by atoms with Crippen LogP contribution in [0, 0.1) is 6.92 Å². The fraction of sp³-hybridized carbons (Fsp3) is 0.533. The maximum atomic E-state index is 12.0. The van der Waals surface area contributed by atoms with E-state index in [9.17, 15) is 4.79 Å². The molecule has 0 aromatic heterocycles. The first kappa shape index (κ1) is 13.9. The number of aryl methyl sites for hydroxylation is 1.